The van der Waals surface area contributed by atoms with Crippen LogP contribution in [-0.4, -0.2) is 21.3 Å². The molecule has 0 bridgehead atoms. The number of phenols is 3. The minimum atomic E-state index is -0.716. The molecule has 0 saturated heterocycles. The minimum Gasteiger partial charge on any atom is -0.508 e. The molecule has 5 heteroatoms. The molecule has 0 saturated carbocycles. The predicted octanol–water partition coefficient (Wildman–Crippen LogP) is 2.02. The van der Waals surface area contributed by atoms with E-state index in [1.165, 1.54) is 36.4 Å². The van der Waals surface area contributed by atoms with Crippen molar-refractivity contribution in [3.8, 4) is 23.0 Å². The molecule has 18 heavy (non-hydrogen) atoms. The first kappa shape index (κ1) is 11.8. The number of carbonyl (C=O) groups excluding carboxylic acids is 1. The van der Waals surface area contributed by atoms with Crippen molar-refractivity contribution in [1.82, 2.24) is 0 Å². The first-order valence-electron chi connectivity index (χ1n) is 5.09. The van der Waals surface area contributed by atoms with Crippen LogP contribution >= 0.6 is 0 Å². The van der Waals surface area contributed by atoms with E-state index in [1.807, 2.05) is 0 Å². The molecule has 2 aromatic rings. The van der Waals surface area contributed by atoms with Gasteiger partial charge in [-0.05, 0) is 36.4 Å². The molecule has 5 nitrogen and oxygen atoms in total. The summed E-state index contributed by atoms with van der Waals surface area (Å²) in [7, 11) is 0. The normalized spacial score (nSPS) is 10.0. The second-order valence-corrected chi connectivity index (χ2v) is 3.62. The average Bonchev–Trinajstić information content (AvgIpc) is 2.31. The molecule has 0 unspecified atom stereocenters. The van der Waals surface area contributed by atoms with Crippen molar-refractivity contribution < 1.29 is 24.9 Å². The third kappa shape index (κ3) is 2.70. The molecular weight excluding hydrogens is 236 g/mol. The van der Waals surface area contributed by atoms with Crippen LogP contribution in [0.5, 0.6) is 23.0 Å². The van der Waals surface area contributed by atoms with E-state index >= 15 is 0 Å². The molecule has 0 spiro atoms. The summed E-state index contributed by atoms with van der Waals surface area (Å²) in [6.07, 6.45) is 0. The molecular formula is C13H10O5. The van der Waals surface area contributed by atoms with Gasteiger partial charge >= 0.3 is 5.97 Å². The van der Waals surface area contributed by atoms with Crippen LogP contribution in [0.15, 0.2) is 42.5 Å². The van der Waals surface area contributed by atoms with Crippen molar-refractivity contribution in [2.24, 2.45) is 0 Å². The number of phenolic OH excluding ortho intramolecular Hbond substituents is 3. The molecule has 0 aliphatic heterocycles. The summed E-state index contributed by atoms with van der Waals surface area (Å²) in [5.74, 6) is -0.863. The maximum absolute atomic E-state index is 11.7. The standard InChI is InChI=1S/C13H10O5/c14-9-1-3-12(4-2-9)18-13(17)8-5-10(15)7-11(16)6-8/h1-7,14-16H. The van der Waals surface area contributed by atoms with E-state index in [0.29, 0.717) is 0 Å². The Morgan fingerprint density at radius 1 is 0.833 bits per heavy atom. The Labute approximate surface area is 103 Å². The van der Waals surface area contributed by atoms with Gasteiger partial charge in [0.1, 0.15) is 23.0 Å². The van der Waals surface area contributed by atoms with E-state index in [9.17, 15) is 15.0 Å². The fraction of sp³-hybridized carbons (Fsp3) is 0. The van der Waals surface area contributed by atoms with Crippen LogP contribution in [0.3, 0.4) is 0 Å². The SMILES string of the molecule is O=C(Oc1ccc(O)cc1)c1cc(O)cc(O)c1. The number of rotatable bonds is 2. The van der Waals surface area contributed by atoms with Crippen LogP contribution in [0.1, 0.15) is 10.4 Å². The largest absolute Gasteiger partial charge is 0.508 e. The van der Waals surface area contributed by atoms with Crippen molar-refractivity contribution >= 4 is 5.97 Å². The monoisotopic (exact) mass is 246 g/mol. The zero-order valence-corrected chi connectivity index (χ0v) is 9.20. The van der Waals surface area contributed by atoms with Gasteiger partial charge in [0, 0.05) is 6.07 Å². The lowest BCUT2D eigenvalue weighted by Crippen LogP contribution is -2.08. The zero-order chi connectivity index (χ0) is 13.1. The van der Waals surface area contributed by atoms with E-state index in [-0.39, 0.29) is 28.6 Å². The number of carbonyl (C=O) groups is 1. The van der Waals surface area contributed by atoms with Gasteiger partial charge in [-0.15, -0.1) is 0 Å². The second kappa shape index (κ2) is 4.67. The van der Waals surface area contributed by atoms with Gasteiger partial charge in [-0.3, -0.25) is 0 Å². The molecule has 3 N–H and O–H groups in total. The Balaban J connectivity index is 2.19. The number of hydrogen-bond acceptors (Lipinski definition) is 5. The van der Waals surface area contributed by atoms with Gasteiger partial charge in [0.2, 0.25) is 0 Å². The summed E-state index contributed by atoms with van der Waals surface area (Å²) in [6.45, 7) is 0. The van der Waals surface area contributed by atoms with Gasteiger partial charge in [-0.2, -0.15) is 0 Å². The Morgan fingerprint density at radius 3 is 1.94 bits per heavy atom. The zero-order valence-electron chi connectivity index (χ0n) is 9.20. The summed E-state index contributed by atoms with van der Waals surface area (Å²) in [5, 5.41) is 27.6. The number of benzene rings is 2. The molecule has 92 valence electrons. The van der Waals surface area contributed by atoms with Crippen LogP contribution in [-0.2, 0) is 0 Å². The van der Waals surface area contributed by atoms with Gasteiger partial charge in [-0.25, -0.2) is 4.79 Å². The Hall–Kier alpha value is -2.69. The first-order chi connectivity index (χ1) is 8.54. The Kier molecular flexibility index (Phi) is 3.05. The van der Waals surface area contributed by atoms with Crippen LogP contribution < -0.4 is 4.74 Å². The van der Waals surface area contributed by atoms with Gasteiger partial charge in [0.15, 0.2) is 0 Å². The highest BCUT2D eigenvalue weighted by Crippen LogP contribution is 2.22. The second-order valence-electron chi connectivity index (χ2n) is 3.62. The number of esters is 1. The third-order valence-corrected chi connectivity index (χ3v) is 2.19. The van der Waals surface area contributed by atoms with Crippen LogP contribution in [0.2, 0.25) is 0 Å². The molecule has 0 amide bonds. The summed E-state index contributed by atoms with van der Waals surface area (Å²) in [4.78, 5) is 11.7. The molecule has 0 radical (unpaired) electrons. The van der Waals surface area contributed by atoms with Gasteiger partial charge in [-0.1, -0.05) is 0 Å². The molecule has 0 atom stereocenters. The van der Waals surface area contributed by atoms with E-state index in [2.05, 4.69) is 0 Å². The highest BCUT2D eigenvalue weighted by atomic mass is 16.5. The van der Waals surface area contributed by atoms with Crippen molar-refractivity contribution in [3.63, 3.8) is 0 Å². The van der Waals surface area contributed by atoms with Crippen LogP contribution in [0.25, 0.3) is 0 Å². The third-order valence-electron chi connectivity index (χ3n) is 2.19. The van der Waals surface area contributed by atoms with E-state index in [1.54, 1.807) is 0 Å². The van der Waals surface area contributed by atoms with Crippen LogP contribution in [0.4, 0.5) is 0 Å². The molecule has 0 aliphatic carbocycles. The molecule has 0 heterocycles. The molecule has 0 aliphatic rings. The van der Waals surface area contributed by atoms with E-state index in [0.717, 1.165) is 6.07 Å². The maximum Gasteiger partial charge on any atom is 0.343 e. The summed E-state index contributed by atoms with van der Waals surface area (Å²) >= 11 is 0. The van der Waals surface area contributed by atoms with E-state index in [4.69, 9.17) is 9.84 Å². The first-order valence-corrected chi connectivity index (χ1v) is 5.09. The number of hydrogen-bond donors (Lipinski definition) is 3. The van der Waals surface area contributed by atoms with Gasteiger partial charge in [0.25, 0.3) is 0 Å². The lowest BCUT2D eigenvalue weighted by molar-refractivity contribution is 0.0733. The smallest absolute Gasteiger partial charge is 0.343 e. The summed E-state index contributed by atoms with van der Waals surface area (Å²) < 4.78 is 4.99. The highest BCUT2D eigenvalue weighted by molar-refractivity contribution is 5.92. The van der Waals surface area contributed by atoms with Crippen molar-refractivity contribution in [1.29, 1.82) is 0 Å². The van der Waals surface area contributed by atoms with Gasteiger partial charge < -0.3 is 20.1 Å². The maximum atomic E-state index is 11.7. The lowest BCUT2D eigenvalue weighted by atomic mass is 10.2. The molecule has 2 aromatic carbocycles. The summed E-state index contributed by atoms with van der Waals surface area (Å²) in [6, 6.07) is 9.08. The van der Waals surface area contributed by atoms with Crippen molar-refractivity contribution in [3.05, 3.63) is 48.0 Å². The average molecular weight is 246 g/mol. The minimum absolute atomic E-state index is 0.0283. The number of ether oxygens (including phenoxy) is 1. The number of aromatic hydroxyl groups is 3. The van der Waals surface area contributed by atoms with Crippen molar-refractivity contribution in [2.45, 2.75) is 0 Å². The molecule has 0 aromatic heterocycles. The van der Waals surface area contributed by atoms with Crippen LogP contribution in [0, 0.1) is 0 Å². The fourth-order valence-corrected chi connectivity index (χ4v) is 1.39. The van der Waals surface area contributed by atoms with Gasteiger partial charge in [0.05, 0.1) is 5.56 Å². The van der Waals surface area contributed by atoms with Crippen molar-refractivity contribution in [2.75, 3.05) is 0 Å². The molecule has 0 fully saturated rings. The topological polar surface area (TPSA) is 87.0 Å². The quantitative estimate of drug-likeness (QED) is 0.557. The Bertz CT molecular complexity index is 554. The Morgan fingerprint density at radius 2 is 1.39 bits per heavy atom. The molecule has 2 rings (SSSR count). The fourth-order valence-electron chi connectivity index (χ4n) is 1.39. The highest BCUT2D eigenvalue weighted by Gasteiger charge is 2.11. The predicted molar refractivity (Wildman–Crippen MR) is 62.8 cm³/mol. The van der Waals surface area contributed by atoms with E-state index < -0.39 is 5.97 Å². The lowest BCUT2D eigenvalue weighted by Gasteiger charge is -2.05. The summed E-state index contributed by atoms with van der Waals surface area (Å²) in [5.41, 5.74) is 0.0283.